The summed E-state index contributed by atoms with van der Waals surface area (Å²) >= 11 is 0. The number of fused-ring (bicyclic) bond motifs is 3. The SMILES string of the molecule is Fc1c[c-]c(-c2nccc3c(F)cccc23)cc1.Fc1c[c-]c(-c2nccc3c(F)cccc23)cc1.Fc1c[c-]c(-c2nccc3c(F)cccc23)cc1.[Ir+3]. The summed E-state index contributed by atoms with van der Waals surface area (Å²) in [7, 11) is 0. The smallest absolute Gasteiger partial charge is 0.304 e. The Morgan fingerprint density at radius 1 is 0.327 bits per heavy atom. The molecular weight excluding hydrogens is 889 g/mol. The zero-order chi connectivity index (χ0) is 37.6. The van der Waals surface area contributed by atoms with Crippen LogP contribution in [0.5, 0.6) is 0 Å². The van der Waals surface area contributed by atoms with E-state index in [1.165, 1.54) is 73.2 Å². The fraction of sp³-hybridized carbons (Fsp3) is 0. The van der Waals surface area contributed by atoms with Crippen molar-refractivity contribution in [1.82, 2.24) is 15.0 Å². The maximum Gasteiger partial charge on any atom is 3.00 e. The minimum Gasteiger partial charge on any atom is -0.304 e. The minimum absolute atomic E-state index is 0. The summed E-state index contributed by atoms with van der Waals surface area (Å²) in [4.78, 5) is 12.7. The van der Waals surface area contributed by atoms with Crippen LogP contribution in [-0.4, -0.2) is 15.0 Å². The van der Waals surface area contributed by atoms with E-state index < -0.39 is 0 Å². The molecule has 3 heterocycles. The number of rotatable bonds is 3. The van der Waals surface area contributed by atoms with Crippen LogP contribution in [0.3, 0.4) is 0 Å². The van der Waals surface area contributed by atoms with Gasteiger partial charge in [-0.1, -0.05) is 36.4 Å². The molecule has 9 aromatic rings. The number of pyridine rings is 3. The van der Waals surface area contributed by atoms with Gasteiger partial charge < -0.3 is 15.0 Å². The molecule has 0 saturated heterocycles. The van der Waals surface area contributed by atoms with E-state index in [1.807, 2.05) is 0 Å². The number of halogens is 6. The second kappa shape index (κ2) is 17.3. The third kappa shape index (κ3) is 8.62. The van der Waals surface area contributed by atoms with Gasteiger partial charge in [0.05, 0.1) is 0 Å². The van der Waals surface area contributed by atoms with Crippen molar-refractivity contribution in [3.63, 3.8) is 0 Å². The van der Waals surface area contributed by atoms with Crippen molar-refractivity contribution in [1.29, 1.82) is 0 Å². The van der Waals surface area contributed by atoms with Crippen molar-refractivity contribution >= 4 is 32.3 Å². The molecule has 3 nitrogen and oxygen atoms in total. The van der Waals surface area contributed by atoms with E-state index in [1.54, 1.807) is 72.8 Å². The molecule has 0 aliphatic carbocycles. The van der Waals surface area contributed by atoms with Gasteiger partial charge in [0.2, 0.25) is 0 Å². The zero-order valence-electron chi connectivity index (χ0n) is 28.3. The molecule has 0 aliphatic rings. The van der Waals surface area contributed by atoms with Crippen molar-refractivity contribution in [3.05, 3.63) is 199 Å². The topological polar surface area (TPSA) is 38.7 Å². The Morgan fingerprint density at radius 3 is 0.873 bits per heavy atom. The van der Waals surface area contributed by atoms with Gasteiger partial charge in [0.25, 0.3) is 0 Å². The van der Waals surface area contributed by atoms with Gasteiger partial charge in [-0.05, 0) is 69.6 Å². The first-order valence-electron chi connectivity index (χ1n) is 16.4. The van der Waals surface area contributed by atoms with E-state index in [0.29, 0.717) is 66.1 Å². The zero-order valence-corrected chi connectivity index (χ0v) is 30.7. The standard InChI is InChI=1S/3C15H8F2N.Ir/c3*16-11-6-4-10(5-7-11)15-13-2-1-3-14(17)12(13)8-9-18-15;/h3*1-4,6-9H;/q3*-1;+3. The Kier molecular flexibility index (Phi) is 12.1. The predicted molar refractivity (Wildman–Crippen MR) is 198 cm³/mol. The van der Waals surface area contributed by atoms with Gasteiger partial charge in [-0.25, -0.2) is 13.2 Å². The monoisotopic (exact) mass is 913 g/mol. The molecule has 0 atom stereocenters. The average molecular weight is 913 g/mol. The van der Waals surface area contributed by atoms with E-state index in [0.717, 1.165) is 0 Å². The Morgan fingerprint density at radius 2 is 0.618 bits per heavy atom. The van der Waals surface area contributed by atoms with Crippen LogP contribution in [0.15, 0.2) is 146 Å². The van der Waals surface area contributed by atoms with E-state index in [2.05, 4.69) is 33.2 Å². The fourth-order valence-corrected chi connectivity index (χ4v) is 5.81. The molecule has 55 heavy (non-hydrogen) atoms. The number of hydrogen-bond acceptors (Lipinski definition) is 3. The summed E-state index contributed by atoms with van der Waals surface area (Å²) in [6.45, 7) is 0. The minimum atomic E-state index is -0.356. The quantitative estimate of drug-likeness (QED) is 0.131. The maximum atomic E-state index is 13.6. The largest absolute Gasteiger partial charge is 3.00 e. The first-order chi connectivity index (χ1) is 26.3. The summed E-state index contributed by atoms with van der Waals surface area (Å²) in [5.41, 5.74) is 3.75. The summed E-state index contributed by atoms with van der Waals surface area (Å²) in [5, 5.41) is 3.58. The second-order valence-electron chi connectivity index (χ2n) is 11.7. The molecule has 0 unspecified atom stereocenters. The average Bonchev–Trinajstić information content (AvgIpc) is 3.20. The maximum absolute atomic E-state index is 13.6. The number of hydrogen-bond donors (Lipinski definition) is 0. The molecular formula is C45H24F6IrN3. The fourth-order valence-electron chi connectivity index (χ4n) is 5.81. The van der Waals surface area contributed by atoms with Crippen LogP contribution in [0.2, 0.25) is 0 Å². The molecule has 6 aromatic carbocycles. The molecule has 0 fully saturated rings. The van der Waals surface area contributed by atoms with Gasteiger partial charge in [0.15, 0.2) is 0 Å². The normalized spacial score (nSPS) is 10.6. The number of nitrogens with zero attached hydrogens (tertiary/aromatic N) is 3. The van der Waals surface area contributed by atoms with Crippen LogP contribution in [0.1, 0.15) is 0 Å². The van der Waals surface area contributed by atoms with Gasteiger partial charge in [0, 0.05) is 52.2 Å². The molecule has 0 saturated carbocycles. The van der Waals surface area contributed by atoms with Gasteiger partial charge in [-0.3, -0.25) is 13.2 Å². The van der Waals surface area contributed by atoms with Gasteiger partial charge in [0.1, 0.15) is 17.5 Å². The molecule has 0 amide bonds. The van der Waals surface area contributed by atoms with Crippen LogP contribution < -0.4 is 0 Å². The van der Waals surface area contributed by atoms with Crippen LogP contribution in [0.25, 0.3) is 66.1 Å². The Balaban J connectivity index is 0.000000139. The molecule has 10 heteroatoms. The Hall–Kier alpha value is -6.22. The van der Waals surface area contributed by atoms with Gasteiger partial charge >= 0.3 is 20.1 Å². The van der Waals surface area contributed by atoms with E-state index >= 15 is 0 Å². The van der Waals surface area contributed by atoms with E-state index in [9.17, 15) is 26.3 Å². The predicted octanol–water partition coefficient (Wildman–Crippen LogP) is 11.9. The van der Waals surface area contributed by atoms with Crippen molar-refractivity contribution < 1.29 is 46.4 Å². The number of benzene rings is 6. The Bertz CT molecular complexity index is 2420. The van der Waals surface area contributed by atoms with Gasteiger partial charge in [-0.15, -0.1) is 89.5 Å². The van der Waals surface area contributed by atoms with Crippen LogP contribution in [-0.2, 0) is 20.1 Å². The van der Waals surface area contributed by atoms with Crippen LogP contribution >= 0.6 is 0 Å². The second-order valence-corrected chi connectivity index (χ2v) is 11.7. The van der Waals surface area contributed by atoms with Crippen LogP contribution in [0, 0.1) is 53.1 Å². The Labute approximate surface area is 325 Å². The molecule has 0 spiro atoms. The first kappa shape index (κ1) is 38.5. The summed E-state index contributed by atoms with van der Waals surface area (Å²) in [5.74, 6) is -1.95. The summed E-state index contributed by atoms with van der Waals surface area (Å²) < 4.78 is 79.6. The molecule has 3 aromatic heterocycles. The molecule has 9 rings (SSSR count). The van der Waals surface area contributed by atoms with Crippen molar-refractivity contribution in [2.45, 2.75) is 0 Å². The summed E-state index contributed by atoms with van der Waals surface area (Å²) in [6, 6.07) is 40.3. The molecule has 0 N–H and O–H groups in total. The third-order valence-corrected chi connectivity index (χ3v) is 8.35. The molecule has 270 valence electrons. The van der Waals surface area contributed by atoms with Crippen molar-refractivity contribution in [3.8, 4) is 33.8 Å². The number of aromatic nitrogens is 3. The third-order valence-electron chi connectivity index (χ3n) is 8.35. The van der Waals surface area contributed by atoms with E-state index in [-0.39, 0.29) is 55.0 Å². The molecule has 0 bridgehead atoms. The summed E-state index contributed by atoms with van der Waals surface area (Å²) in [6.07, 6.45) is 4.62. The van der Waals surface area contributed by atoms with Crippen molar-refractivity contribution in [2.75, 3.05) is 0 Å². The molecule has 0 aliphatic heterocycles. The van der Waals surface area contributed by atoms with Crippen molar-refractivity contribution in [2.24, 2.45) is 0 Å². The first-order valence-corrected chi connectivity index (χ1v) is 16.4. The molecule has 0 radical (unpaired) electrons. The van der Waals surface area contributed by atoms with Crippen LogP contribution in [0.4, 0.5) is 26.3 Å². The van der Waals surface area contributed by atoms with E-state index in [4.69, 9.17) is 0 Å². The van der Waals surface area contributed by atoms with Gasteiger partial charge in [-0.2, -0.15) is 0 Å².